The summed E-state index contributed by atoms with van der Waals surface area (Å²) in [5.41, 5.74) is 0. The SMILES string of the molecule is O=C(OC[C@H]1O[C@@H]2O[C@H]3[C@H](O)[C@@H](O)[C@@H](O[C@H]4[C@H](O)[C@@H](O)[C@@H](O[C@H]5[C@H](O)[C@@H](O)[C@@H](O[C@H]6[C@H](O)[C@@H](O)[C@@H](O[C@H]7[C@H](O)[C@@H](O)[C@@H](O[C@H]8[C@H](O)[C@@H](O)[C@@H](O[C@H]1[C@H](O)[C@H]2O)O[C@@H]8CO)O[C@@H]7CO)O[C@@H]6CO)O[C@@H]5CO)O[C@@H]4CO)O[C@@H]3CO)[C@H](O)[C@@H](O)[C@H](O)[C@H](O)CO.[Cu+2]. The first-order chi connectivity index (χ1) is 42.2. The molecule has 0 unspecified atom stereocenters. The Morgan fingerprint density at radius 2 is 0.478 bits per heavy atom. The molecule has 21 fully saturated rings. The van der Waals surface area contributed by atoms with Gasteiger partial charge in [-0.1, -0.05) is 0 Å². The Labute approximate surface area is 517 Å². The fourth-order valence-electron chi connectivity index (χ4n) is 11.3. The van der Waals surface area contributed by atoms with Crippen molar-refractivity contribution >= 4 is 5.97 Å². The predicted octanol–water partition coefficient (Wildman–Crippen LogP) is -18.2. The van der Waals surface area contributed by atoms with E-state index in [9.17, 15) is 132 Å². The first kappa shape index (κ1) is 75.8. The summed E-state index contributed by atoms with van der Waals surface area (Å²) in [6.45, 7) is -9.22. The van der Waals surface area contributed by atoms with Gasteiger partial charge in [0.2, 0.25) is 0 Å². The van der Waals surface area contributed by atoms with E-state index in [2.05, 4.69) is 0 Å². The van der Waals surface area contributed by atoms with Crippen molar-refractivity contribution in [3.63, 3.8) is 0 Å². The summed E-state index contributed by atoms with van der Waals surface area (Å²) < 4.78 is 84.9. The van der Waals surface area contributed by atoms with Gasteiger partial charge in [-0.05, 0) is 0 Å². The smallest absolute Gasteiger partial charge is 0.461 e. The molecule has 527 valence electrons. The van der Waals surface area contributed by atoms with Crippen LogP contribution in [0.5, 0.6) is 0 Å². The quantitative estimate of drug-likeness (QED) is 0.0601. The number of carbonyl (C=O) groups is 1. The molecule has 21 aliphatic heterocycles. The normalized spacial score (nSPS) is 50.3. The average molecular weight is 1380 g/mol. The summed E-state index contributed by atoms with van der Waals surface area (Å²) in [4.78, 5) is 13.1. The van der Waals surface area contributed by atoms with E-state index in [-0.39, 0.29) is 17.1 Å². The number of aliphatic hydroxyl groups is 25. The molecule has 21 heterocycles. The molecule has 0 saturated carbocycles. The minimum absolute atomic E-state index is 0. The fourth-order valence-corrected chi connectivity index (χ4v) is 11.3. The van der Waals surface area contributed by atoms with Crippen LogP contribution < -0.4 is 0 Å². The van der Waals surface area contributed by atoms with E-state index >= 15 is 0 Å². The molecule has 14 bridgehead atoms. The van der Waals surface area contributed by atoms with Crippen LogP contribution in [0.4, 0.5) is 0 Å². The summed E-state index contributed by atoms with van der Waals surface area (Å²) in [7, 11) is 0. The van der Waals surface area contributed by atoms with E-state index in [1.54, 1.807) is 0 Å². The van der Waals surface area contributed by atoms with Crippen LogP contribution in [0.25, 0.3) is 0 Å². The van der Waals surface area contributed by atoms with Crippen LogP contribution in [0.3, 0.4) is 0 Å². The number of rotatable bonds is 13. The molecule has 21 aliphatic rings. The molecule has 0 aromatic heterocycles. The van der Waals surface area contributed by atoms with Crippen molar-refractivity contribution in [1.29, 1.82) is 0 Å². The summed E-state index contributed by atoms with van der Waals surface area (Å²) in [5.74, 6) is -1.81. The van der Waals surface area contributed by atoms with E-state index in [0.717, 1.165) is 0 Å². The van der Waals surface area contributed by atoms with Crippen LogP contribution in [0.15, 0.2) is 0 Å². The van der Waals surface area contributed by atoms with Crippen LogP contribution in [0, 0.1) is 0 Å². The Kier molecular flexibility index (Phi) is 27.5. The molecule has 21 rings (SSSR count). The third-order valence-corrected chi connectivity index (χ3v) is 16.5. The van der Waals surface area contributed by atoms with Crippen molar-refractivity contribution in [2.45, 2.75) is 239 Å². The van der Waals surface area contributed by atoms with Crippen molar-refractivity contribution in [1.82, 2.24) is 0 Å². The van der Waals surface area contributed by atoms with E-state index in [1.807, 2.05) is 0 Å². The van der Waals surface area contributed by atoms with Gasteiger partial charge in [-0.2, -0.15) is 0 Å². The summed E-state index contributed by atoms with van der Waals surface area (Å²) in [6.07, 6.45) is -84.5. The van der Waals surface area contributed by atoms with Gasteiger partial charge in [-0.25, -0.2) is 4.79 Å². The van der Waals surface area contributed by atoms with Crippen LogP contribution in [0.1, 0.15) is 0 Å². The molecule has 90 heavy (non-hydrogen) atoms. The molecule has 42 heteroatoms. The molecule has 1 radical (unpaired) electrons. The van der Waals surface area contributed by atoms with Crippen molar-refractivity contribution in [2.75, 3.05) is 52.9 Å². The van der Waals surface area contributed by atoms with Crippen LogP contribution in [-0.4, -0.2) is 426 Å². The maximum absolute atomic E-state index is 13.1. The van der Waals surface area contributed by atoms with Gasteiger partial charge in [0.1, 0.15) is 196 Å². The standard InChI is InChI=1S/C48H80O41.Cu/c49-1-9(56)17(57)18(58)26(66)41(74)75-8-16-40-25(65)33(73)48(82-16)88-39-15(7-55)80-46(31(71)23(39)63)86-37-13(5-53)78-44(29(69)21(37)61)84-35-11(3-51)76-42(27(67)19(35)59)83-34-10(2-50)77-43(28(68)20(34)60)85-36-12(4-52)79-45(30(70)22(36)62)87-38-14(6-54)81-47(89-40)32(72)24(38)64;/h9-40,42-73H,1-8H2;/q;+2/t9-,10-,11-,12-,13-,14-,15-,16-,17-,18+,19-,20-,21-,22-,23-,24-,25-,26-,27-,28-,29-,30-,31-,32-,33-,34-,35-,36-,37-,38-,39-,40-,42-,43-,44-,45-,46-,47-,48-;/m1./s1. The minimum atomic E-state index is -2.71. The molecule has 0 aliphatic carbocycles. The maximum atomic E-state index is 13.1. The Balaban J connectivity index is 0.0000115. The van der Waals surface area contributed by atoms with E-state index in [1.165, 1.54) is 0 Å². The Bertz CT molecular complexity index is 2170. The van der Waals surface area contributed by atoms with Crippen LogP contribution in [-0.2, 0) is 92.9 Å². The predicted molar refractivity (Wildman–Crippen MR) is 263 cm³/mol. The molecule has 0 spiro atoms. The molecule has 0 amide bonds. The zero-order valence-electron chi connectivity index (χ0n) is 46.7. The Morgan fingerprint density at radius 1 is 0.289 bits per heavy atom. The number of aliphatic hydroxyl groups excluding tert-OH is 25. The third kappa shape index (κ3) is 15.5. The van der Waals surface area contributed by atoms with Gasteiger partial charge in [0, 0.05) is 0 Å². The van der Waals surface area contributed by atoms with Gasteiger partial charge in [0.15, 0.2) is 50.1 Å². The van der Waals surface area contributed by atoms with Gasteiger partial charge in [-0.15, -0.1) is 0 Å². The maximum Gasteiger partial charge on any atom is 2.00 e. The van der Waals surface area contributed by atoms with E-state index in [4.69, 9.17) is 71.1 Å². The van der Waals surface area contributed by atoms with Crippen molar-refractivity contribution in [2.24, 2.45) is 0 Å². The zero-order valence-corrected chi connectivity index (χ0v) is 47.6. The van der Waals surface area contributed by atoms with Crippen molar-refractivity contribution < 1.29 is 221 Å². The molecular formula is C48H80CuO41+2. The molecule has 25 N–H and O–H groups in total. The Hall–Kier alpha value is -1.57. The molecule has 41 nitrogen and oxygen atoms in total. The largest absolute Gasteiger partial charge is 2.00 e. The van der Waals surface area contributed by atoms with Crippen LogP contribution >= 0.6 is 0 Å². The molecule has 21 saturated heterocycles. The third-order valence-electron chi connectivity index (χ3n) is 16.5. The molecule has 0 aromatic carbocycles. The van der Waals surface area contributed by atoms with Crippen LogP contribution in [0.2, 0.25) is 0 Å². The second-order valence-electron chi connectivity index (χ2n) is 22.3. The van der Waals surface area contributed by atoms with E-state index in [0.29, 0.717) is 0 Å². The molecular weight excluding hydrogens is 1300 g/mol. The summed E-state index contributed by atoms with van der Waals surface area (Å²) in [6, 6.07) is 0. The number of ether oxygens (including phenoxy) is 15. The zero-order chi connectivity index (χ0) is 65.4. The van der Waals surface area contributed by atoms with Gasteiger partial charge >= 0.3 is 23.0 Å². The average Bonchev–Trinajstić information content (AvgIpc) is 0.829. The number of carbonyl (C=O) groups excluding carboxylic acids is 1. The monoisotopic (exact) mass is 1380 g/mol. The van der Waals surface area contributed by atoms with Crippen molar-refractivity contribution in [3.8, 4) is 0 Å². The molecule has 39 atom stereocenters. The number of esters is 1. The first-order valence-corrected chi connectivity index (χ1v) is 28.0. The fraction of sp³-hybridized carbons (Fsp3) is 0.979. The number of hydrogen-bond donors (Lipinski definition) is 25. The second kappa shape index (κ2) is 32.7. The van der Waals surface area contributed by atoms with Gasteiger partial charge < -0.3 is 199 Å². The second-order valence-corrected chi connectivity index (χ2v) is 22.3. The summed E-state index contributed by atoms with van der Waals surface area (Å²) in [5, 5.41) is 273. The summed E-state index contributed by atoms with van der Waals surface area (Å²) >= 11 is 0. The number of hydrogen-bond acceptors (Lipinski definition) is 41. The van der Waals surface area contributed by atoms with Gasteiger partial charge in [0.25, 0.3) is 0 Å². The Morgan fingerprint density at radius 3 is 0.667 bits per heavy atom. The van der Waals surface area contributed by atoms with Gasteiger partial charge in [-0.3, -0.25) is 0 Å². The topological polar surface area (TPSA) is 661 Å². The first-order valence-electron chi connectivity index (χ1n) is 28.0. The van der Waals surface area contributed by atoms with E-state index < -0.39 is 298 Å². The minimum Gasteiger partial charge on any atom is -0.461 e. The van der Waals surface area contributed by atoms with Gasteiger partial charge in [0.05, 0.1) is 46.2 Å². The molecule has 0 aromatic rings. The van der Waals surface area contributed by atoms with Crippen molar-refractivity contribution in [3.05, 3.63) is 0 Å².